The average molecular weight is 269 g/mol. The zero-order chi connectivity index (χ0) is 12.4. The fourth-order valence-corrected chi connectivity index (χ4v) is 2.85. The Balaban J connectivity index is 2.12. The summed E-state index contributed by atoms with van der Waals surface area (Å²) < 4.78 is 0. The summed E-state index contributed by atoms with van der Waals surface area (Å²) in [5, 5.41) is 9.53. The summed E-state index contributed by atoms with van der Waals surface area (Å²) in [6, 6.07) is 0. The highest BCUT2D eigenvalue weighted by molar-refractivity contribution is 7.17. The number of aromatic nitrogens is 2. The van der Waals surface area contributed by atoms with Crippen LogP contribution in [0, 0.1) is 6.92 Å². The summed E-state index contributed by atoms with van der Waals surface area (Å²) in [5.41, 5.74) is 2.82. The van der Waals surface area contributed by atoms with Crippen LogP contribution in [0.3, 0.4) is 0 Å². The maximum atomic E-state index is 10.8. The summed E-state index contributed by atoms with van der Waals surface area (Å²) in [6.07, 6.45) is 1.39. The van der Waals surface area contributed by atoms with Gasteiger partial charge in [-0.1, -0.05) is 11.3 Å². The summed E-state index contributed by atoms with van der Waals surface area (Å²) in [7, 11) is 1.89. The monoisotopic (exact) mass is 269 g/mol. The number of nitrogens with zero attached hydrogens (tertiary/aromatic N) is 3. The molecule has 0 atom stereocenters. The second-order valence-corrected chi connectivity index (χ2v) is 5.48. The summed E-state index contributed by atoms with van der Waals surface area (Å²) in [6.45, 7) is 2.66. The molecule has 1 N–H and O–H groups in total. The summed E-state index contributed by atoms with van der Waals surface area (Å²) >= 11 is 2.77. The number of carboxylic acid groups (broad SMARTS) is 1. The van der Waals surface area contributed by atoms with Crippen molar-refractivity contribution in [3.8, 4) is 0 Å². The van der Waals surface area contributed by atoms with Gasteiger partial charge in [-0.15, -0.1) is 11.3 Å². The number of hydrogen-bond acceptors (Lipinski definition) is 6. The van der Waals surface area contributed by atoms with E-state index in [0.717, 1.165) is 5.69 Å². The van der Waals surface area contributed by atoms with Crippen LogP contribution >= 0.6 is 22.7 Å². The van der Waals surface area contributed by atoms with Crippen LogP contribution in [0.1, 0.15) is 20.2 Å². The zero-order valence-electron chi connectivity index (χ0n) is 9.38. The number of thiazole rings is 2. The van der Waals surface area contributed by atoms with E-state index in [9.17, 15) is 4.79 Å². The molecule has 90 valence electrons. The molecule has 0 aliphatic rings. The molecule has 0 fully saturated rings. The predicted molar refractivity (Wildman–Crippen MR) is 68.0 cm³/mol. The Kier molecular flexibility index (Phi) is 3.39. The van der Waals surface area contributed by atoms with Gasteiger partial charge in [0.05, 0.1) is 23.9 Å². The van der Waals surface area contributed by atoms with Crippen LogP contribution < -0.4 is 4.90 Å². The number of aryl methyl sites for hydroxylation is 1. The third kappa shape index (κ3) is 2.62. The van der Waals surface area contributed by atoms with E-state index in [1.54, 1.807) is 11.3 Å². The van der Waals surface area contributed by atoms with Crippen LogP contribution in [0.25, 0.3) is 0 Å². The Morgan fingerprint density at radius 2 is 2.29 bits per heavy atom. The largest absolute Gasteiger partial charge is 0.477 e. The lowest BCUT2D eigenvalue weighted by atomic mass is 10.4. The van der Waals surface area contributed by atoms with Gasteiger partial charge in [-0.25, -0.2) is 14.8 Å². The molecule has 0 aliphatic carbocycles. The van der Waals surface area contributed by atoms with Crippen molar-refractivity contribution in [1.29, 1.82) is 0 Å². The van der Waals surface area contributed by atoms with E-state index in [2.05, 4.69) is 9.97 Å². The van der Waals surface area contributed by atoms with Gasteiger partial charge in [0.15, 0.2) is 5.13 Å². The minimum absolute atomic E-state index is 0.257. The van der Waals surface area contributed by atoms with E-state index in [0.29, 0.717) is 11.7 Å². The first-order chi connectivity index (χ1) is 8.08. The Bertz CT molecular complexity index is 535. The molecule has 0 saturated heterocycles. The number of carbonyl (C=O) groups is 1. The van der Waals surface area contributed by atoms with Crippen molar-refractivity contribution in [3.63, 3.8) is 0 Å². The van der Waals surface area contributed by atoms with Gasteiger partial charge >= 0.3 is 5.97 Å². The van der Waals surface area contributed by atoms with E-state index in [1.165, 1.54) is 22.4 Å². The van der Waals surface area contributed by atoms with Gasteiger partial charge < -0.3 is 10.0 Å². The molecule has 0 aliphatic heterocycles. The minimum atomic E-state index is -0.934. The van der Waals surface area contributed by atoms with Gasteiger partial charge in [-0.05, 0) is 6.92 Å². The van der Waals surface area contributed by atoms with Crippen molar-refractivity contribution < 1.29 is 9.90 Å². The van der Waals surface area contributed by atoms with Crippen molar-refractivity contribution >= 4 is 33.8 Å². The van der Waals surface area contributed by atoms with E-state index in [4.69, 9.17) is 5.11 Å². The molecule has 17 heavy (non-hydrogen) atoms. The Hall–Kier alpha value is -1.47. The number of carboxylic acids is 1. The first-order valence-corrected chi connectivity index (χ1v) is 6.56. The summed E-state index contributed by atoms with van der Waals surface area (Å²) in [4.78, 5) is 22.4. The molecule has 0 spiro atoms. The van der Waals surface area contributed by atoms with Gasteiger partial charge in [0.25, 0.3) is 0 Å². The van der Waals surface area contributed by atoms with Gasteiger partial charge in [-0.3, -0.25) is 0 Å². The van der Waals surface area contributed by atoms with Crippen LogP contribution in [0.5, 0.6) is 0 Å². The highest BCUT2D eigenvalue weighted by Gasteiger charge is 2.13. The van der Waals surface area contributed by atoms with E-state index < -0.39 is 5.97 Å². The van der Waals surface area contributed by atoms with E-state index in [1.807, 2.05) is 24.4 Å². The molecule has 0 bridgehead atoms. The van der Waals surface area contributed by atoms with Crippen molar-refractivity contribution in [1.82, 2.24) is 9.97 Å². The smallest absolute Gasteiger partial charge is 0.347 e. The topological polar surface area (TPSA) is 66.3 Å². The fraction of sp³-hybridized carbons (Fsp3) is 0.300. The molecule has 0 saturated carbocycles. The molecule has 2 aromatic rings. The van der Waals surface area contributed by atoms with Crippen LogP contribution in [0.15, 0.2) is 11.7 Å². The van der Waals surface area contributed by atoms with Gasteiger partial charge in [0.2, 0.25) is 0 Å². The molecule has 2 rings (SSSR count). The standard InChI is InChI=1S/C10H11N3O2S2/c1-6-8(16-5-12-6)4-13(2)10-11-3-7(17-10)9(14)15/h3,5H,4H2,1-2H3,(H,14,15). The maximum Gasteiger partial charge on any atom is 0.347 e. The van der Waals surface area contributed by atoms with Gasteiger partial charge in [0.1, 0.15) is 4.88 Å². The number of aromatic carboxylic acids is 1. The number of hydrogen-bond donors (Lipinski definition) is 1. The van der Waals surface area contributed by atoms with Crippen LogP contribution in [0.4, 0.5) is 5.13 Å². The second kappa shape index (κ2) is 4.80. The molecule has 7 heteroatoms. The van der Waals surface area contributed by atoms with Crippen LogP contribution in [-0.4, -0.2) is 28.1 Å². The first-order valence-electron chi connectivity index (χ1n) is 4.87. The van der Waals surface area contributed by atoms with Gasteiger partial charge in [0, 0.05) is 11.9 Å². The SMILES string of the molecule is Cc1ncsc1CN(C)c1ncc(C(=O)O)s1. The van der Waals surface area contributed by atoms with Crippen LogP contribution in [-0.2, 0) is 6.54 Å². The van der Waals surface area contributed by atoms with E-state index in [-0.39, 0.29) is 4.88 Å². The predicted octanol–water partition coefficient (Wildman–Crippen LogP) is 2.24. The number of anilines is 1. The van der Waals surface area contributed by atoms with Crippen molar-refractivity contribution in [2.45, 2.75) is 13.5 Å². The molecular weight excluding hydrogens is 258 g/mol. The van der Waals surface area contributed by atoms with Crippen molar-refractivity contribution in [3.05, 3.63) is 27.2 Å². The third-order valence-corrected chi connectivity index (χ3v) is 4.28. The van der Waals surface area contributed by atoms with Crippen molar-refractivity contribution in [2.24, 2.45) is 0 Å². The lowest BCUT2D eigenvalue weighted by Crippen LogP contribution is -2.15. The molecule has 0 radical (unpaired) electrons. The summed E-state index contributed by atoms with van der Waals surface area (Å²) in [5.74, 6) is -0.934. The molecule has 0 amide bonds. The molecular formula is C10H11N3O2S2. The molecule has 2 aromatic heterocycles. The molecule has 0 unspecified atom stereocenters. The highest BCUT2D eigenvalue weighted by Crippen LogP contribution is 2.24. The third-order valence-electron chi connectivity index (χ3n) is 2.26. The van der Waals surface area contributed by atoms with Crippen LogP contribution in [0.2, 0.25) is 0 Å². The van der Waals surface area contributed by atoms with E-state index >= 15 is 0 Å². The Morgan fingerprint density at radius 3 is 2.82 bits per heavy atom. The number of rotatable bonds is 4. The molecule has 0 aromatic carbocycles. The molecule has 2 heterocycles. The first kappa shape index (κ1) is 12.0. The Morgan fingerprint density at radius 1 is 1.53 bits per heavy atom. The highest BCUT2D eigenvalue weighted by atomic mass is 32.1. The lowest BCUT2D eigenvalue weighted by Gasteiger charge is -2.14. The zero-order valence-corrected chi connectivity index (χ0v) is 11.0. The normalized spacial score (nSPS) is 10.5. The Labute approximate surface area is 106 Å². The average Bonchev–Trinajstić information content (AvgIpc) is 2.88. The molecule has 5 nitrogen and oxygen atoms in total. The minimum Gasteiger partial charge on any atom is -0.477 e. The fourth-order valence-electron chi connectivity index (χ4n) is 1.30. The second-order valence-electron chi connectivity index (χ2n) is 3.53. The lowest BCUT2D eigenvalue weighted by molar-refractivity contribution is 0.0702. The van der Waals surface area contributed by atoms with Crippen molar-refractivity contribution in [2.75, 3.05) is 11.9 Å². The quantitative estimate of drug-likeness (QED) is 0.922. The van der Waals surface area contributed by atoms with Gasteiger partial charge in [-0.2, -0.15) is 0 Å². The maximum absolute atomic E-state index is 10.8.